The van der Waals surface area contributed by atoms with Crippen molar-refractivity contribution in [2.24, 2.45) is 5.92 Å². The summed E-state index contributed by atoms with van der Waals surface area (Å²) in [6.07, 6.45) is 9.18. The van der Waals surface area contributed by atoms with E-state index in [0.717, 1.165) is 26.1 Å². The Morgan fingerprint density at radius 2 is 2.07 bits per heavy atom. The molecule has 80 valence electrons. The van der Waals surface area contributed by atoms with Crippen LogP contribution in [0.4, 0.5) is 0 Å². The van der Waals surface area contributed by atoms with Crippen LogP contribution in [-0.4, -0.2) is 19.0 Å². The fourth-order valence-corrected chi connectivity index (χ4v) is 2.72. The van der Waals surface area contributed by atoms with Crippen molar-refractivity contribution in [2.45, 2.75) is 44.3 Å². The maximum atomic E-state index is 5.83. The van der Waals surface area contributed by atoms with Gasteiger partial charge in [-0.25, -0.2) is 0 Å². The average Bonchev–Trinajstić information content (AvgIpc) is 2.66. The van der Waals surface area contributed by atoms with Crippen LogP contribution in [0.2, 0.25) is 0 Å². The Kier molecular flexibility index (Phi) is 3.24. The summed E-state index contributed by atoms with van der Waals surface area (Å²) in [5.41, 5.74) is 0. The SMILES string of the molecule is C=CCCC1CCCCC12OCCO2. The molecule has 0 aromatic heterocycles. The second-order valence-electron chi connectivity index (χ2n) is 4.32. The molecule has 2 aliphatic rings. The maximum Gasteiger partial charge on any atom is 0.171 e. The molecule has 2 nitrogen and oxygen atoms in total. The first kappa shape index (κ1) is 10.2. The van der Waals surface area contributed by atoms with E-state index in [2.05, 4.69) is 6.58 Å². The predicted octanol–water partition coefficient (Wildman–Crippen LogP) is 2.89. The first-order valence-corrected chi connectivity index (χ1v) is 5.76. The predicted molar refractivity (Wildman–Crippen MR) is 56.0 cm³/mol. The van der Waals surface area contributed by atoms with E-state index < -0.39 is 0 Å². The Morgan fingerprint density at radius 3 is 2.79 bits per heavy atom. The number of rotatable bonds is 3. The summed E-state index contributed by atoms with van der Waals surface area (Å²) in [6.45, 7) is 5.34. The second kappa shape index (κ2) is 4.45. The van der Waals surface area contributed by atoms with E-state index in [9.17, 15) is 0 Å². The Labute approximate surface area is 86.3 Å². The maximum absolute atomic E-state index is 5.83. The van der Waals surface area contributed by atoms with Crippen molar-refractivity contribution < 1.29 is 9.47 Å². The molecule has 1 saturated carbocycles. The Hall–Kier alpha value is -0.340. The minimum absolute atomic E-state index is 0.207. The monoisotopic (exact) mass is 196 g/mol. The third kappa shape index (κ3) is 1.86. The van der Waals surface area contributed by atoms with E-state index in [1.54, 1.807) is 0 Å². The van der Waals surface area contributed by atoms with E-state index in [1.807, 2.05) is 6.08 Å². The highest BCUT2D eigenvalue weighted by atomic mass is 16.7. The molecule has 0 amide bonds. The molecule has 0 radical (unpaired) electrons. The molecule has 1 aliphatic heterocycles. The van der Waals surface area contributed by atoms with Crippen molar-refractivity contribution in [3.05, 3.63) is 12.7 Å². The Morgan fingerprint density at radius 1 is 1.29 bits per heavy atom. The first-order valence-electron chi connectivity index (χ1n) is 5.76. The van der Waals surface area contributed by atoms with Crippen molar-refractivity contribution >= 4 is 0 Å². The van der Waals surface area contributed by atoms with E-state index in [-0.39, 0.29) is 5.79 Å². The van der Waals surface area contributed by atoms with Crippen molar-refractivity contribution in [1.29, 1.82) is 0 Å². The highest BCUT2D eigenvalue weighted by Crippen LogP contribution is 2.42. The summed E-state index contributed by atoms with van der Waals surface area (Å²) in [6, 6.07) is 0. The lowest BCUT2D eigenvalue weighted by atomic mass is 9.80. The molecular formula is C12H20O2. The standard InChI is InChI=1S/C12H20O2/c1-2-3-6-11-7-4-5-8-12(11)13-9-10-14-12/h2,11H,1,3-10H2. The van der Waals surface area contributed by atoms with Crippen LogP contribution < -0.4 is 0 Å². The summed E-state index contributed by atoms with van der Waals surface area (Å²) in [4.78, 5) is 0. The van der Waals surface area contributed by atoms with Gasteiger partial charge in [0.05, 0.1) is 13.2 Å². The number of hydrogen-bond acceptors (Lipinski definition) is 2. The molecular weight excluding hydrogens is 176 g/mol. The minimum atomic E-state index is -0.207. The van der Waals surface area contributed by atoms with Gasteiger partial charge in [0.1, 0.15) is 0 Å². The summed E-state index contributed by atoms with van der Waals surface area (Å²) in [7, 11) is 0. The topological polar surface area (TPSA) is 18.5 Å². The molecule has 1 atom stereocenters. The fourth-order valence-electron chi connectivity index (χ4n) is 2.72. The zero-order valence-corrected chi connectivity index (χ0v) is 8.84. The molecule has 1 heterocycles. The van der Waals surface area contributed by atoms with Crippen LogP contribution in [0.25, 0.3) is 0 Å². The van der Waals surface area contributed by atoms with Crippen LogP contribution in [0, 0.1) is 5.92 Å². The van der Waals surface area contributed by atoms with Crippen molar-refractivity contribution in [2.75, 3.05) is 13.2 Å². The first-order chi connectivity index (χ1) is 6.87. The van der Waals surface area contributed by atoms with Gasteiger partial charge in [0, 0.05) is 12.3 Å². The highest BCUT2D eigenvalue weighted by molar-refractivity contribution is 4.88. The minimum Gasteiger partial charge on any atom is -0.347 e. The van der Waals surface area contributed by atoms with Gasteiger partial charge in [-0.1, -0.05) is 12.5 Å². The third-order valence-electron chi connectivity index (χ3n) is 3.45. The number of ether oxygens (including phenoxy) is 2. The van der Waals surface area contributed by atoms with Gasteiger partial charge < -0.3 is 9.47 Å². The van der Waals surface area contributed by atoms with Gasteiger partial charge in [0.2, 0.25) is 0 Å². The second-order valence-corrected chi connectivity index (χ2v) is 4.32. The normalized spacial score (nSPS) is 30.7. The smallest absolute Gasteiger partial charge is 0.171 e. The van der Waals surface area contributed by atoms with E-state index in [0.29, 0.717) is 5.92 Å². The molecule has 0 bridgehead atoms. The van der Waals surface area contributed by atoms with Gasteiger partial charge in [0.15, 0.2) is 5.79 Å². The van der Waals surface area contributed by atoms with E-state index in [1.165, 1.54) is 25.7 Å². The molecule has 2 rings (SSSR count). The zero-order chi connectivity index (χ0) is 9.86. The Balaban J connectivity index is 1.98. The Bertz CT molecular complexity index is 194. The van der Waals surface area contributed by atoms with Crippen LogP contribution in [0.15, 0.2) is 12.7 Å². The molecule has 1 saturated heterocycles. The van der Waals surface area contributed by atoms with Gasteiger partial charge in [-0.3, -0.25) is 0 Å². The van der Waals surface area contributed by atoms with Gasteiger partial charge in [-0.05, 0) is 25.7 Å². The summed E-state index contributed by atoms with van der Waals surface area (Å²) in [5.74, 6) is 0.387. The molecule has 1 spiro atoms. The van der Waals surface area contributed by atoms with Crippen LogP contribution in [0.5, 0.6) is 0 Å². The van der Waals surface area contributed by atoms with Gasteiger partial charge >= 0.3 is 0 Å². The van der Waals surface area contributed by atoms with Crippen molar-refractivity contribution in [1.82, 2.24) is 0 Å². The molecule has 1 unspecified atom stereocenters. The molecule has 2 fully saturated rings. The van der Waals surface area contributed by atoms with Crippen LogP contribution in [-0.2, 0) is 9.47 Å². The van der Waals surface area contributed by atoms with Crippen LogP contribution >= 0.6 is 0 Å². The quantitative estimate of drug-likeness (QED) is 0.646. The van der Waals surface area contributed by atoms with Gasteiger partial charge in [0.25, 0.3) is 0 Å². The van der Waals surface area contributed by atoms with Crippen LogP contribution in [0.3, 0.4) is 0 Å². The molecule has 1 aliphatic carbocycles. The molecule has 0 aromatic rings. The lowest BCUT2D eigenvalue weighted by Gasteiger charge is -2.39. The van der Waals surface area contributed by atoms with Crippen molar-refractivity contribution in [3.63, 3.8) is 0 Å². The largest absolute Gasteiger partial charge is 0.347 e. The summed E-state index contributed by atoms with van der Waals surface area (Å²) in [5, 5.41) is 0. The fraction of sp³-hybridized carbons (Fsp3) is 0.833. The lowest BCUT2D eigenvalue weighted by molar-refractivity contribution is -0.213. The van der Waals surface area contributed by atoms with Crippen LogP contribution in [0.1, 0.15) is 38.5 Å². The molecule has 0 N–H and O–H groups in total. The number of allylic oxidation sites excluding steroid dienone is 1. The summed E-state index contributed by atoms with van der Waals surface area (Å²) < 4.78 is 11.7. The van der Waals surface area contributed by atoms with E-state index >= 15 is 0 Å². The third-order valence-corrected chi connectivity index (χ3v) is 3.45. The summed E-state index contributed by atoms with van der Waals surface area (Å²) >= 11 is 0. The molecule has 0 aromatic carbocycles. The molecule has 14 heavy (non-hydrogen) atoms. The molecule has 2 heteroatoms. The lowest BCUT2D eigenvalue weighted by Crippen LogP contribution is -2.41. The van der Waals surface area contributed by atoms with E-state index in [4.69, 9.17) is 9.47 Å². The zero-order valence-electron chi connectivity index (χ0n) is 8.84. The number of hydrogen-bond donors (Lipinski definition) is 0. The van der Waals surface area contributed by atoms with Crippen molar-refractivity contribution in [3.8, 4) is 0 Å². The highest BCUT2D eigenvalue weighted by Gasteiger charge is 2.44. The van der Waals surface area contributed by atoms with Gasteiger partial charge in [-0.2, -0.15) is 0 Å². The average molecular weight is 196 g/mol. The van der Waals surface area contributed by atoms with Gasteiger partial charge in [-0.15, -0.1) is 6.58 Å².